The second-order valence-electron chi connectivity index (χ2n) is 17.3. The minimum absolute atomic E-state index is 0.659. The minimum atomic E-state index is 0.659. The molecule has 311 valence electrons. The number of nitrogens with zero attached hydrogens (tertiary/aromatic N) is 1. The Morgan fingerprint density at radius 3 is 1.89 bits per heavy atom. The smallest absolute Gasteiger partial charge is 0.198 e. The van der Waals surface area contributed by atoms with Crippen molar-refractivity contribution < 1.29 is 14.2 Å². The minimum Gasteiger partial charge on any atom is -0.457 e. The summed E-state index contributed by atoms with van der Waals surface area (Å²) in [7, 11) is 2.32. The Kier molecular flexibility index (Phi) is 8.85. The molecule has 0 fully saturated rings. The lowest BCUT2D eigenvalue weighted by molar-refractivity contribution is 0.360. The highest BCUT2D eigenvalue weighted by molar-refractivity contribution is 6.73. The quantitative estimate of drug-likeness (QED) is 0.169. The fourth-order valence-corrected chi connectivity index (χ4v) is 9.80. The number of anilines is 5. The zero-order valence-corrected chi connectivity index (χ0v) is 36.1. The summed E-state index contributed by atoms with van der Waals surface area (Å²) in [5.74, 6) is 4.45. The number of benzene rings is 10. The van der Waals surface area contributed by atoms with Crippen molar-refractivity contribution in [1.82, 2.24) is 0 Å². The van der Waals surface area contributed by atoms with E-state index in [1.165, 1.54) is 27.8 Å². The fourth-order valence-electron chi connectivity index (χ4n) is 9.80. The number of ether oxygens (including phenoxy) is 3. The molecule has 10 aromatic rings. The number of hydrogen-bond acceptors (Lipinski definition) is 5. The molecule has 0 bridgehead atoms. The topological polar surface area (TPSA) is 43.0 Å². The Bertz CT molecular complexity index is 3570. The van der Waals surface area contributed by atoms with Gasteiger partial charge in [-0.1, -0.05) is 133 Å². The van der Waals surface area contributed by atoms with Crippen molar-refractivity contribution in [3.63, 3.8) is 0 Å². The summed E-state index contributed by atoms with van der Waals surface area (Å²) in [6.07, 6.45) is 0.805. The highest BCUT2D eigenvalue weighted by Gasteiger charge is 2.33. The summed E-state index contributed by atoms with van der Waals surface area (Å²) in [6.45, 7) is 2.19. The van der Waals surface area contributed by atoms with Gasteiger partial charge in [-0.15, -0.1) is 0 Å². The van der Waals surface area contributed by atoms with Crippen molar-refractivity contribution >= 4 is 57.4 Å². The lowest BCUT2D eigenvalue weighted by Crippen LogP contribution is -2.41. The van der Waals surface area contributed by atoms with E-state index in [1.807, 2.05) is 30.3 Å². The Labute approximate surface area is 384 Å². The molecule has 3 heterocycles. The summed E-state index contributed by atoms with van der Waals surface area (Å²) in [5, 5.41) is 6.21. The van der Waals surface area contributed by atoms with Gasteiger partial charge in [0.05, 0.1) is 0 Å². The molecular weight excluding hydrogens is 807 g/mol. The Balaban J connectivity index is 1.03. The molecule has 1 N–H and O–H groups in total. The number of fused-ring (bicyclic) bond motifs is 7. The largest absolute Gasteiger partial charge is 0.457 e. The van der Waals surface area contributed by atoms with Crippen LogP contribution >= 0.6 is 0 Å². The summed E-state index contributed by atoms with van der Waals surface area (Å²) >= 11 is 0. The van der Waals surface area contributed by atoms with Gasteiger partial charge >= 0.3 is 0 Å². The molecule has 0 saturated heterocycles. The Morgan fingerprint density at radius 1 is 0.439 bits per heavy atom. The first-order chi connectivity index (χ1) is 32.6. The van der Waals surface area contributed by atoms with Gasteiger partial charge in [0.2, 0.25) is 0 Å². The van der Waals surface area contributed by atoms with Crippen LogP contribution in [0.5, 0.6) is 34.5 Å². The van der Waals surface area contributed by atoms with Crippen molar-refractivity contribution in [1.29, 1.82) is 0 Å². The van der Waals surface area contributed by atoms with Crippen LogP contribution in [0.2, 0.25) is 0 Å². The van der Waals surface area contributed by atoms with E-state index in [0.29, 0.717) is 23.0 Å². The first-order valence-corrected chi connectivity index (χ1v) is 22.4. The van der Waals surface area contributed by atoms with Gasteiger partial charge in [-0.25, -0.2) is 0 Å². The zero-order chi connectivity index (χ0) is 43.7. The van der Waals surface area contributed by atoms with E-state index >= 15 is 0 Å². The average Bonchev–Trinajstić information content (AvgIpc) is 3.36. The average molecular weight is 848 g/mol. The number of nitrogens with one attached hydrogen (secondary N) is 1. The molecule has 10 aromatic carbocycles. The first kappa shape index (κ1) is 38.0. The van der Waals surface area contributed by atoms with Crippen LogP contribution < -0.4 is 35.4 Å². The second-order valence-corrected chi connectivity index (χ2v) is 17.3. The van der Waals surface area contributed by atoms with Crippen LogP contribution in [0.15, 0.2) is 206 Å². The van der Waals surface area contributed by atoms with E-state index < -0.39 is 0 Å². The van der Waals surface area contributed by atoms with Crippen LogP contribution in [-0.2, 0) is 6.42 Å². The summed E-state index contributed by atoms with van der Waals surface area (Å²) < 4.78 is 19.8. The molecule has 0 saturated carbocycles. The third-order valence-corrected chi connectivity index (χ3v) is 13.1. The van der Waals surface area contributed by atoms with Gasteiger partial charge in [-0.2, -0.15) is 0 Å². The molecule has 66 heavy (non-hydrogen) atoms. The summed E-state index contributed by atoms with van der Waals surface area (Å²) in [5.41, 5.74) is 17.5. The van der Waals surface area contributed by atoms with Crippen LogP contribution in [0.25, 0.3) is 44.2 Å². The van der Waals surface area contributed by atoms with E-state index in [4.69, 9.17) is 14.2 Å². The third kappa shape index (κ3) is 6.57. The van der Waals surface area contributed by atoms with Gasteiger partial charge in [0, 0.05) is 52.6 Å². The maximum absolute atomic E-state index is 6.67. The van der Waals surface area contributed by atoms with Crippen LogP contribution in [0.3, 0.4) is 0 Å². The van der Waals surface area contributed by atoms with Crippen molar-refractivity contribution in [2.45, 2.75) is 13.3 Å². The highest BCUT2D eigenvalue weighted by atomic mass is 16.6. The van der Waals surface area contributed by atoms with E-state index in [0.717, 1.165) is 90.3 Å². The van der Waals surface area contributed by atoms with Gasteiger partial charge in [0.1, 0.15) is 11.5 Å². The first-order valence-electron chi connectivity index (χ1n) is 22.4. The van der Waals surface area contributed by atoms with Crippen LogP contribution in [0, 0.1) is 6.92 Å². The molecule has 0 unspecified atom stereocenters. The maximum Gasteiger partial charge on any atom is 0.198 e. The molecule has 0 amide bonds. The van der Waals surface area contributed by atoms with E-state index in [-0.39, 0.29) is 0 Å². The van der Waals surface area contributed by atoms with Crippen molar-refractivity contribution in [2.24, 2.45) is 0 Å². The van der Waals surface area contributed by atoms with E-state index in [9.17, 15) is 0 Å². The number of rotatable bonds is 6. The SMILES string of the molecule is Cc1ccccc1-c1cc(-c2cc3ccccc3cc2Nc2ccc(-c3ccccc3)cc2)c2c(c1)N(c1ccc3c(c1)Oc1ccccc1C3)c1cc3c(cc1[B]2)Oc1ccccc1O3. The van der Waals surface area contributed by atoms with Gasteiger partial charge < -0.3 is 24.4 Å². The Hall–Kier alpha value is -8.48. The van der Waals surface area contributed by atoms with Gasteiger partial charge in [-0.3, -0.25) is 0 Å². The molecular formula is C60H40BN2O3. The zero-order valence-electron chi connectivity index (χ0n) is 36.1. The lowest BCUT2D eigenvalue weighted by atomic mass is 9.57. The molecule has 6 heteroatoms. The maximum atomic E-state index is 6.67. The van der Waals surface area contributed by atoms with Gasteiger partial charge in [0.25, 0.3) is 0 Å². The summed E-state index contributed by atoms with van der Waals surface area (Å²) in [4.78, 5) is 2.38. The van der Waals surface area contributed by atoms with Crippen molar-refractivity contribution in [3.05, 3.63) is 223 Å². The third-order valence-electron chi connectivity index (χ3n) is 13.1. The molecule has 3 aliphatic rings. The van der Waals surface area contributed by atoms with Gasteiger partial charge in [0.15, 0.2) is 30.3 Å². The molecule has 0 atom stereocenters. The van der Waals surface area contributed by atoms with E-state index in [1.54, 1.807) is 0 Å². The fraction of sp³-hybridized carbons (Fsp3) is 0.0333. The molecule has 3 aliphatic heterocycles. The van der Waals surface area contributed by atoms with Crippen molar-refractivity contribution in [3.8, 4) is 67.9 Å². The predicted octanol–water partition coefficient (Wildman–Crippen LogP) is 14.9. The number of aryl methyl sites for hydroxylation is 1. The monoisotopic (exact) mass is 847 g/mol. The standard InChI is InChI=1S/C60H40BN2O3/c1-37-13-5-9-19-47(37)44-31-49(48-30-40-16-6-7-17-41(40)32-51(48)62-45-26-23-39(24-27-45)38-14-3-2-4-15-38)60-53(33-44)63(46-28-25-43-29-42-18-8-10-20-54(42)64-57(43)34-46)52-36-59-58(35-50(52)61-60)65-55-21-11-12-22-56(55)66-59/h2-28,30-36,62H,29H2,1H3. The number of para-hydroxylation sites is 3. The molecule has 0 aliphatic carbocycles. The normalized spacial score (nSPS) is 12.7. The second kappa shape index (κ2) is 15.4. The molecule has 5 nitrogen and oxygen atoms in total. The highest BCUT2D eigenvalue weighted by Crippen LogP contribution is 2.50. The molecule has 0 aromatic heterocycles. The van der Waals surface area contributed by atoms with Gasteiger partial charge in [-0.05, 0) is 134 Å². The molecule has 0 spiro atoms. The Morgan fingerprint density at radius 2 is 1.09 bits per heavy atom. The molecule has 1 radical (unpaired) electrons. The summed E-state index contributed by atoms with van der Waals surface area (Å²) in [6, 6.07) is 72.9. The molecule has 13 rings (SSSR count). The van der Waals surface area contributed by atoms with Crippen LogP contribution in [0.4, 0.5) is 28.4 Å². The van der Waals surface area contributed by atoms with Crippen LogP contribution in [-0.4, -0.2) is 7.28 Å². The number of hydrogen-bond donors (Lipinski definition) is 1. The van der Waals surface area contributed by atoms with E-state index in [2.05, 4.69) is 200 Å². The van der Waals surface area contributed by atoms with Crippen LogP contribution in [0.1, 0.15) is 16.7 Å². The van der Waals surface area contributed by atoms with Crippen molar-refractivity contribution in [2.75, 3.05) is 10.2 Å². The lowest BCUT2D eigenvalue weighted by Gasteiger charge is -2.37. The predicted molar refractivity (Wildman–Crippen MR) is 270 cm³/mol.